The second-order valence-electron chi connectivity index (χ2n) is 6.50. The number of carboxylic acids is 1. The molecule has 0 saturated heterocycles. The number of nitrogens with one attached hydrogen (secondary N) is 1. The third-order valence-corrected chi connectivity index (χ3v) is 4.62. The maximum absolute atomic E-state index is 13.8. The van der Waals surface area contributed by atoms with Crippen LogP contribution in [0.1, 0.15) is 27.0 Å². The normalized spacial score (nSPS) is 10.4. The van der Waals surface area contributed by atoms with E-state index in [4.69, 9.17) is 9.47 Å². The molecule has 6 heteroatoms. The number of ether oxygens (including phenoxy) is 2. The number of carboxylic acid groups (broad SMARTS) is 1. The number of anilines is 1. The molecule has 0 unspecified atom stereocenters. The van der Waals surface area contributed by atoms with Crippen LogP contribution in [0.3, 0.4) is 0 Å². The summed E-state index contributed by atoms with van der Waals surface area (Å²) >= 11 is 0. The lowest BCUT2D eigenvalue weighted by atomic mass is 10.1. The van der Waals surface area contributed by atoms with Crippen LogP contribution < -0.4 is 14.8 Å². The number of hydrogen-bond acceptors (Lipinski definition) is 4. The third kappa shape index (κ3) is 4.85. The third-order valence-electron chi connectivity index (χ3n) is 4.62. The number of rotatable bonds is 8. The summed E-state index contributed by atoms with van der Waals surface area (Å²) in [7, 11) is 1.54. The van der Waals surface area contributed by atoms with E-state index in [0.29, 0.717) is 29.2 Å². The molecule has 0 spiro atoms. The lowest BCUT2D eigenvalue weighted by Crippen LogP contribution is -2.06. The van der Waals surface area contributed by atoms with Crippen LogP contribution in [0.5, 0.6) is 11.5 Å². The molecule has 5 nitrogen and oxygen atoms in total. The van der Waals surface area contributed by atoms with Gasteiger partial charge in [0, 0.05) is 17.8 Å². The molecule has 0 saturated carbocycles. The Labute approximate surface area is 168 Å². The van der Waals surface area contributed by atoms with E-state index in [1.165, 1.54) is 6.07 Å². The van der Waals surface area contributed by atoms with Crippen LogP contribution in [0.2, 0.25) is 0 Å². The van der Waals surface area contributed by atoms with Crippen molar-refractivity contribution in [2.75, 3.05) is 12.4 Å². The number of carbonyl (C=O) groups is 1. The minimum atomic E-state index is -0.954. The van der Waals surface area contributed by atoms with Gasteiger partial charge in [-0.15, -0.1) is 0 Å². The number of benzene rings is 3. The Kier molecular flexibility index (Phi) is 6.34. The van der Waals surface area contributed by atoms with Gasteiger partial charge in [0.25, 0.3) is 0 Å². The lowest BCUT2D eigenvalue weighted by molar-refractivity contribution is 0.0696. The molecule has 3 rings (SSSR count). The average Bonchev–Trinajstić information content (AvgIpc) is 2.72. The van der Waals surface area contributed by atoms with Crippen molar-refractivity contribution in [3.05, 3.63) is 88.7 Å². The number of aromatic carboxylic acids is 1. The fourth-order valence-electron chi connectivity index (χ4n) is 2.97. The van der Waals surface area contributed by atoms with Gasteiger partial charge in [0.05, 0.1) is 12.7 Å². The second-order valence-corrected chi connectivity index (χ2v) is 6.50. The molecular formula is C23H22FNO4. The quantitative estimate of drug-likeness (QED) is 0.560. The fraction of sp³-hybridized carbons (Fsp3) is 0.174. The van der Waals surface area contributed by atoms with Crippen molar-refractivity contribution in [2.45, 2.75) is 20.1 Å². The zero-order valence-electron chi connectivity index (χ0n) is 16.2. The molecule has 3 aromatic carbocycles. The van der Waals surface area contributed by atoms with Gasteiger partial charge in [-0.2, -0.15) is 0 Å². The van der Waals surface area contributed by atoms with E-state index in [0.717, 1.165) is 11.3 Å². The highest BCUT2D eigenvalue weighted by atomic mass is 19.1. The molecule has 0 amide bonds. The Morgan fingerprint density at radius 1 is 1.07 bits per heavy atom. The van der Waals surface area contributed by atoms with Crippen molar-refractivity contribution in [3.8, 4) is 11.5 Å². The van der Waals surface area contributed by atoms with Crippen molar-refractivity contribution in [2.24, 2.45) is 0 Å². The monoisotopic (exact) mass is 395 g/mol. The first-order chi connectivity index (χ1) is 14.0. The molecule has 0 bridgehead atoms. The highest BCUT2D eigenvalue weighted by molar-refractivity contribution is 5.91. The first-order valence-electron chi connectivity index (χ1n) is 9.09. The summed E-state index contributed by atoms with van der Waals surface area (Å²) in [6.45, 7) is 2.35. The molecule has 3 aromatic rings. The molecule has 0 atom stereocenters. The highest BCUT2D eigenvalue weighted by Gasteiger charge is 2.11. The number of hydrogen-bond donors (Lipinski definition) is 2. The SMILES string of the molecule is COc1cc(CNc2cccc(C(=O)O)c2C)ccc1OCc1ccccc1F. The molecule has 29 heavy (non-hydrogen) atoms. The Morgan fingerprint density at radius 3 is 2.59 bits per heavy atom. The maximum atomic E-state index is 13.8. The van der Waals surface area contributed by atoms with Crippen LogP contribution in [-0.2, 0) is 13.2 Å². The summed E-state index contributed by atoms with van der Waals surface area (Å²) in [6, 6.07) is 17.1. The molecule has 0 aliphatic carbocycles. The predicted molar refractivity (Wildman–Crippen MR) is 109 cm³/mol. The first-order valence-corrected chi connectivity index (χ1v) is 9.09. The smallest absolute Gasteiger partial charge is 0.336 e. The van der Waals surface area contributed by atoms with Gasteiger partial charge in [0.15, 0.2) is 11.5 Å². The molecule has 0 aromatic heterocycles. The summed E-state index contributed by atoms with van der Waals surface area (Å²) in [5.41, 5.74) is 3.10. The Balaban J connectivity index is 1.70. The van der Waals surface area contributed by atoms with E-state index >= 15 is 0 Å². The first kappa shape index (κ1) is 20.2. The summed E-state index contributed by atoms with van der Waals surface area (Å²) < 4.78 is 24.9. The van der Waals surface area contributed by atoms with E-state index in [-0.39, 0.29) is 18.0 Å². The molecule has 0 aliphatic heterocycles. The van der Waals surface area contributed by atoms with Gasteiger partial charge in [-0.3, -0.25) is 0 Å². The Morgan fingerprint density at radius 2 is 1.86 bits per heavy atom. The molecule has 0 aliphatic rings. The van der Waals surface area contributed by atoms with E-state index < -0.39 is 5.97 Å². The highest BCUT2D eigenvalue weighted by Crippen LogP contribution is 2.30. The average molecular weight is 395 g/mol. The van der Waals surface area contributed by atoms with Crippen LogP contribution in [-0.4, -0.2) is 18.2 Å². The Hall–Kier alpha value is -3.54. The minimum absolute atomic E-state index is 0.0990. The van der Waals surface area contributed by atoms with E-state index in [1.54, 1.807) is 50.4 Å². The van der Waals surface area contributed by atoms with Crippen molar-refractivity contribution >= 4 is 11.7 Å². The Bertz CT molecular complexity index is 1020. The standard InChI is InChI=1S/C23H22FNO4/c1-15-18(23(26)27)7-5-9-20(15)25-13-16-10-11-21(22(12-16)28-2)29-14-17-6-3-4-8-19(17)24/h3-12,25H,13-14H2,1-2H3,(H,26,27). The molecule has 150 valence electrons. The minimum Gasteiger partial charge on any atom is -0.493 e. The summed E-state index contributed by atoms with van der Waals surface area (Å²) in [5.74, 6) is -0.212. The molecule has 0 heterocycles. The van der Waals surface area contributed by atoms with Gasteiger partial charge in [-0.25, -0.2) is 9.18 Å². The second kappa shape index (κ2) is 9.10. The molecular weight excluding hydrogens is 373 g/mol. The van der Waals surface area contributed by atoms with Gasteiger partial charge in [0.2, 0.25) is 0 Å². The predicted octanol–water partition coefficient (Wildman–Crippen LogP) is 5.03. The topological polar surface area (TPSA) is 67.8 Å². The van der Waals surface area contributed by atoms with Crippen molar-refractivity contribution in [3.63, 3.8) is 0 Å². The van der Waals surface area contributed by atoms with Crippen LogP contribution >= 0.6 is 0 Å². The summed E-state index contributed by atoms with van der Waals surface area (Å²) in [4.78, 5) is 11.3. The maximum Gasteiger partial charge on any atom is 0.336 e. The lowest BCUT2D eigenvalue weighted by Gasteiger charge is -2.14. The fourth-order valence-corrected chi connectivity index (χ4v) is 2.97. The molecule has 0 fully saturated rings. The number of methoxy groups -OCH3 is 1. The zero-order chi connectivity index (χ0) is 20.8. The van der Waals surface area contributed by atoms with Gasteiger partial charge in [-0.05, 0) is 48.4 Å². The number of halogens is 1. The van der Waals surface area contributed by atoms with Crippen LogP contribution in [0.4, 0.5) is 10.1 Å². The summed E-state index contributed by atoms with van der Waals surface area (Å²) in [6.07, 6.45) is 0. The van der Waals surface area contributed by atoms with Crippen molar-refractivity contribution < 1.29 is 23.8 Å². The largest absolute Gasteiger partial charge is 0.493 e. The van der Waals surface area contributed by atoms with E-state index in [9.17, 15) is 14.3 Å². The zero-order valence-corrected chi connectivity index (χ0v) is 16.2. The van der Waals surface area contributed by atoms with Gasteiger partial charge >= 0.3 is 5.97 Å². The van der Waals surface area contributed by atoms with Gasteiger partial charge in [-0.1, -0.05) is 30.3 Å². The van der Waals surface area contributed by atoms with E-state index in [1.807, 2.05) is 18.2 Å². The van der Waals surface area contributed by atoms with Crippen molar-refractivity contribution in [1.29, 1.82) is 0 Å². The molecule has 2 N–H and O–H groups in total. The molecule has 0 radical (unpaired) electrons. The van der Waals surface area contributed by atoms with Crippen LogP contribution in [0, 0.1) is 12.7 Å². The van der Waals surface area contributed by atoms with Crippen LogP contribution in [0.15, 0.2) is 60.7 Å². The van der Waals surface area contributed by atoms with E-state index in [2.05, 4.69) is 5.32 Å². The van der Waals surface area contributed by atoms with Crippen LogP contribution in [0.25, 0.3) is 0 Å². The van der Waals surface area contributed by atoms with Gasteiger partial charge in [0.1, 0.15) is 12.4 Å². The summed E-state index contributed by atoms with van der Waals surface area (Å²) in [5, 5.41) is 12.5. The van der Waals surface area contributed by atoms with Gasteiger partial charge < -0.3 is 19.9 Å². The van der Waals surface area contributed by atoms with Crippen molar-refractivity contribution in [1.82, 2.24) is 0 Å².